The Morgan fingerprint density at radius 3 is 2.54 bits per heavy atom. The van der Waals surface area contributed by atoms with Gasteiger partial charge in [-0.2, -0.15) is 0 Å². The van der Waals surface area contributed by atoms with Crippen LogP contribution >= 0.6 is 0 Å². The highest BCUT2D eigenvalue weighted by atomic mass is 19.1. The molecule has 1 spiro atoms. The average Bonchev–Trinajstić information content (AvgIpc) is 2.98. The van der Waals surface area contributed by atoms with Crippen LogP contribution in [0, 0.1) is 5.82 Å². The number of hydrogen-bond donors (Lipinski definition) is 2. The molecule has 1 aromatic rings. The van der Waals surface area contributed by atoms with Crippen LogP contribution < -0.4 is 10.6 Å². The van der Waals surface area contributed by atoms with E-state index in [2.05, 4.69) is 10.6 Å². The minimum atomic E-state index is -0.798. The number of carbonyl (C=O) groups is 2. The van der Waals surface area contributed by atoms with Crippen molar-refractivity contribution in [1.29, 1.82) is 0 Å². The molecular formula is C17H21FN2O4. The molecule has 1 saturated carbocycles. The third-order valence-electron chi connectivity index (χ3n) is 4.33. The first-order valence-electron chi connectivity index (χ1n) is 8.23. The molecule has 1 aliphatic heterocycles. The lowest BCUT2D eigenvalue weighted by Crippen LogP contribution is -2.41. The maximum absolute atomic E-state index is 12.8. The van der Waals surface area contributed by atoms with E-state index < -0.39 is 23.4 Å². The van der Waals surface area contributed by atoms with Crippen LogP contribution in [0.3, 0.4) is 0 Å². The van der Waals surface area contributed by atoms with Crippen molar-refractivity contribution in [1.82, 2.24) is 5.32 Å². The normalized spacial score (nSPS) is 22.3. The number of nitrogens with one attached hydrogen (secondary N) is 2. The zero-order valence-electron chi connectivity index (χ0n) is 13.3. The molecule has 1 heterocycles. The molecule has 0 aromatic heterocycles. The highest BCUT2D eigenvalue weighted by molar-refractivity contribution is 6.39. The molecule has 3 rings (SSSR count). The molecule has 2 aliphatic rings. The zero-order chi connectivity index (χ0) is 17.0. The molecule has 1 aliphatic carbocycles. The lowest BCUT2D eigenvalue weighted by atomic mass is 9.94. The van der Waals surface area contributed by atoms with E-state index in [1.165, 1.54) is 30.7 Å². The van der Waals surface area contributed by atoms with Gasteiger partial charge in [0.05, 0.1) is 6.61 Å². The van der Waals surface area contributed by atoms with Crippen molar-refractivity contribution in [3.8, 4) is 0 Å². The van der Waals surface area contributed by atoms with E-state index >= 15 is 0 Å². The minimum absolute atomic E-state index is 0.220. The second-order valence-corrected chi connectivity index (χ2v) is 6.19. The first-order chi connectivity index (χ1) is 11.6. The predicted molar refractivity (Wildman–Crippen MR) is 84.7 cm³/mol. The number of benzene rings is 1. The number of ether oxygens (including phenoxy) is 2. The molecule has 6 nitrogen and oxygen atoms in total. The van der Waals surface area contributed by atoms with Crippen LogP contribution in [0.1, 0.15) is 32.1 Å². The van der Waals surface area contributed by atoms with Crippen LogP contribution in [0.4, 0.5) is 10.1 Å². The van der Waals surface area contributed by atoms with Gasteiger partial charge in [-0.1, -0.05) is 6.42 Å². The Bertz CT molecular complexity index is 599. The molecule has 2 fully saturated rings. The molecule has 1 saturated heterocycles. The van der Waals surface area contributed by atoms with Gasteiger partial charge in [-0.25, -0.2) is 4.39 Å². The Hall–Kier alpha value is -1.99. The van der Waals surface area contributed by atoms with Crippen molar-refractivity contribution >= 4 is 17.5 Å². The number of hydrogen-bond acceptors (Lipinski definition) is 4. The second-order valence-electron chi connectivity index (χ2n) is 6.19. The fourth-order valence-corrected chi connectivity index (χ4v) is 3.08. The van der Waals surface area contributed by atoms with Crippen LogP contribution in [0.15, 0.2) is 24.3 Å². The molecule has 0 radical (unpaired) electrons. The standard InChI is InChI=1S/C17H21FN2O4/c18-12-4-6-13(7-5-12)20-16(22)15(21)19-10-14-11-23-17(24-14)8-2-1-3-9-17/h4-7,14H,1-3,8-11H2,(H,19,21)(H,20,22). The van der Waals surface area contributed by atoms with Crippen molar-refractivity contribution in [3.63, 3.8) is 0 Å². The summed E-state index contributed by atoms with van der Waals surface area (Å²) in [5.41, 5.74) is 0.359. The first-order valence-corrected chi connectivity index (χ1v) is 8.23. The monoisotopic (exact) mass is 336 g/mol. The summed E-state index contributed by atoms with van der Waals surface area (Å²) in [6.07, 6.45) is 4.87. The van der Waals surface area contributed by atoms with Crippen LogP contribution in [-0.2, 0) is 19.1 Å². The van der Waals surface area contributed by atoms with Crippen LogP contribution in [0.2, 0.25) is 0 Å². The third-order valence-corrected chi connectivity index (χ3v) is 4.33. The molecule has 2 amide bonds. The molecule has 2 N–H and O–H groups in total. The first kappa shape index (κ1) is 16.9. The summed E-state index contributed by atoms with van der Waals surface area (Å²) in [4.78, 5) is 23.7. The lowest BCUT2D eigenvalue weighted by molar-refractivity contribution is -0.186. The topological polar surface area (TPSA) is 76.7 Å². The van der Waals surface area contributed by atoms with Gasteiger partial charge in [0, 0.05) is 25.1 Å². The maximum Gasteiger partial charge on any atom is 0.313 e. The molecule has 0 bridgehead atoms. The number of carbonyl (C=O) groups excluding carboxylic acids is 2. The minimum Gasteiger partial charge on any atom is -0.347 e. The fraction of sp³-hybridized carbons (Fsp3) is 0.529. The van der Waals surface area contributed by atoms with E-state index in [4.69, 9.17) is 9.47 Å². The summed E-state index contributed by atoms with van der Waals surface area (Å²) < 4.78 is 24.5. The van der Waals surface area contributed by atoms with Gasteiger partial charge in [-0.3, -0.25) is 9.59 Å². The largest absolute Gasteiger partial charge is 0.347 e. The van der Waals surface area contributed by atoms with E-state index in [1.807, 2.05) is 0 Å². The van der Waals surface area contributed by atoms with Gasteiger partial charge in [0.15, 0.2) is 5.79 Å². The molecular weight excluding hydrogens is 315 g/mol. The number of rotatable bonds is 3. The van der Waals surface area contributed by atoms with Crippen molar-refractivity contribution in [2.75, 3.05) is 18.5 Å². The van der Waals surface area contributed by atoms with E-state index in [-0.39, 0.29) is 12.6 Å². The summed E-state index contributed by atoms with van der Waals surface area (Å²) in [7, 11) is 0. The second kappa shape index (κ2) is 7.27. The van der Waals surface area contributed by atoms with Crippen LogP contribution in [0.5, 0.6) is 0 Å². The molecule has 1 atom stereocenters. The third kappa shape index (κ3) is 4.10. The summed E-state index contributed by atoms with van der Waals surface area (Å²) in [6, 6.07) is 5.20. The Morgan fingerprint density at radius 2 is 1.83 bits per heavy atom. The summed E-state index contributed by atoms with van der Waals surface area (Å²) in [6.45, 7) is 0.636. The molecule has 7 heteroatoms. The maximum atomic E-state index is 12.8. The molecule has 130 valence electrons. The van der Waals surface area contributed by atoms with Crippen LogP contribution in [-0.4, -0.2) is 36.9 Å². The molecule has 1 unspecified atom stereocenters. The van der Waals surface area contributed by atoms with E-state index in [1.54, 1.807) is 0 Å². The summed E-state index contributed by atoms with van der Waals surface area (Å²) in [5.74, 6) is -2.46. The average molecular weight is 336 g/mol. The Balaban J connectivity index is 1.43. The van der Waals surface area contributed by atoms with Crippen molar-refractivity contribution in [3.05, 3.63) is 30.1 Å². The van der Waals surface area contributed by atoms with Gasteiger partial charge >= 0.3 is 11.8 Å². The van der Waals surface area contributed by atoms with Crippen molar-refractivity contribution < 1.29 is 23.5 Å². The van der Waals surface area contributed by atoms with Gasteiger partial charge in [0.2, 0.25) is 0 Å². The number of anilines is 1. The van der Waals surface area contributed by atoms with Gasteiger partial charge in [-0.15, -0.1) is 0 Å². The van der Waals surface area contributed by atoms with Crippen molar-refractivity contribution in [2.45, 2.75) is 44.0 Å². The van der Waals surface area contributed by atoms with E-state index in [0.717, 1.165) is 25.7 Å². The highest BCUT2D eigenvalue weighted by Gasteiger charge is 2.42. The van der Waals surface area contributed by atoms with Crippen LogP contribution in [0.25, 0.3) is 0 Å². The van der Waals surface area contributed by atoms with Gasteiger partial charge in [0.1, 0.15) is 11.9 Å². The quantitative estimate of drug-likeness (QED) is 0.827. The molecule has 24 heavy (non-hydrogen) atoms. The van der Waals surface area contributed by atoms with Gasteiger partial charge in [-0.05, 0) is 37.1 Å². The van der Waals surface area contributed by atoms with Gasteiger partial charge < -0.3 is 20.1 Å². The number of amides is 2. The smallest absolute Gasteiger partial charge is 0.313 e. The highest BCUT2D eigenvalue weighted by Crippen LogP contribution is 2.37. The fourth-order valence-electron chi connectivity index (χ4n) is 3.08. The summed E-state index contributed by atoms with van der Waals surface area (Å²) in [5, 5.41) is 4.96. The zero-order valence-corrected chi connectivity index (χ0v) is 13.3. The summed E-state index contributed by atoms with van der Waals surface area (Å²) >= 11 is 0. The Labute approximate surface area is 139 Å². The SMILES string of the molecule is O=C(NCC1COC2(CCCCC2)O1)C(=O)Nc1ccc(F)cc1. The number of halogens is 1. The Morgan fingerprint density at radius 1 is 1.12 bits per heavy atom. The van der Waals surface area contributed by atoms with E-state index in [9.17, 15) is 14.0 Å². The van der Waals surface area contributed by atoms with Crippen molar-refractivity contribution in [2.24, 2.45) is 0 Å². The molecule has 1 aromatic carbocycles. The predicted octanol–water partition coefficient (Wildman–Crippen LogP) is 1.96. The van der Waals surface area contributed by atoms with E-state index in [0.29, 0.717) is 12.3 Å². The Kier molecular flexibility index (Phi) is 5.11. The van der Waals surface area contributed by atoms with Gasteiger partial charge in [0.25, 0.3) is 0 Å². The lowest BCUT2D eigenvalue weighted by Gasteiger charge is -2.31.